The van der Waals surface area contributed by atoms with Crippen LogP contribution < -0.4 is 32.3 Å². The van der Waals surface area contributed by atoms with Gasteiger partial charge < -0.3 is 32.3 Å². The molecule has 16 rings (SSSR count). The number of rotatable bonds is 11. The molecule has 21 nitrogen and oxygen atoms in total. The number of fused-ring (bicyclic) bond motifs is 8. The molecule has 0 aliphatic rings. The summed E-state index contributed by atoms with van der Waals surface area (Å²) in [6.07, 6.45) is 12.4. The highest BCUT2D eigenvalue weighted by Gasteiger charge is 2.14. The number of benzene rings is 8. The summed E-state index contributed by atoms with van der Waals surface area (Å²) in [6.45, 7) is 1.57. The van der Waals surface area contributed by atoms with Crippen LogP contribution in [0.5, 0.6) is 0 Å². The van der Waals surface area contributed by atoms with Crippen molar-refractivity contribution in [2.45, 2.75) is 6.92 Å². The summed E-state index contributed by atoms with van der Waals surface area (Å²) in [6, 6.07) is 61.7. The van der Waals surface area contributed by atoms with Crippen molar-refractivity contribution >= 4 is 151 Å². The van der Waals surface area contributed by atoms with E-state index < -0.39 is 5.91 Å². The number of terminal acetylenes is 1. The number of amides is 2. The molecule has 0 bridgehead atoms. The second-order valence-corrected chi connectivity index (χ2v) is 21.1. The smallest absolute Gasteiger partial charge is 0.251 e. The van der Waals surface area contributed by atoms with Crippen molar-refractivity contribution in [3.63, 3.8) is 0 Å². The number of hydrogen-bond donors (Lipinski definition) is 10. The molecule has 0 unspecified atom stereocenters. The number of aromatic amines is 4. The molecule has 0 saturated heterocycles. The number of primary amides is 1. The van der Waals surface area contributed by atoms with Crippen molar-refractivity contribution in [2.75, 3.05) is 28.3 Å². The number of ketones is 1. The maximum Gasteiger partial charge on any atom is 0.251 e. The second kappa shape index (κ2) is 25.5. The Hall–Kier alpha value is -13.4. The number of anilines is 8. The topological polar surface area (TPSA) is 304 Å². The van der Waals surface area contributed by atoms with Gasteiger partial charge in [-0.25, -0.2) is 0 Å². The van der Waals surface area contributed by atoms with E-state index in [1.165, 1.54) is 0 Å². The minimum Gasteiger partial charge on any atom is -0.366 e. The average molecular weight is 1210 g/mol. The second-order valence-electron chi connectivity index (χ2n) is 21.1. The normalized spacial score (nSPS) is 10.9. The summed E-state index contributed by atoms with van der Waals surface area (Å²) < 4.78 is 0. The number of nitrogens with two attached hydrogens (primary N) is 1. The number of aromatic nitrogens is 12. The molecule has 16 aromatic rings. The first-order chi connectivity index (χ1) is 45.0. The first kappa shape index (κ1) is 57.7. The van der Waals surface area contributed by atoms with Crippen LogP contribution in [0.2, 0.25) is 0 Å². The Balaban J connectivity index is 0.000000112. The molecule has 2 amide bonds. The number of nitrogens with zero attached hydrogens (tertiary/aromatic N) is 8. The molecule has 11 N–H and O–H groups in total. The van der Waals surface area contributed by atoms with Crippen molar-refractivity contribution in [3.05, 3.63) is 241 Å². The molecule has 0 atom stereocenters. The van der Waals surface area contributed by atoms with Crippen molar-refractivity contribution in [1.29, 1.82) is 0 Å². The van der Waals surface area contributed by atoms with Crippen LogP contribution in [-0.2, 0) is 0 Å². The van der Waals surface area contributed by atoms with E-state index in [9.17, 15) is 14.4 Å². The van der Waals surface area contributed by atoms with Gasteiger partial charge in [-0.05, 0) is 177 Å². The van der Waals surface area contributed by atoms with E-state index in [-0.39, 0.29) is 11.7 Å². The van der Waals surface area contributed by atoms with Gasteiger partial charge in [-0.1, -0.05) is 72.7 Å². The quantitative estimate of drug-likeness (QED) is 0.0425. The number of carbonyl (C=O) groups is 3. The average Bonchev–Trinajstić information content (AvgIpc) is 1.76. The van der Waals surface area contributed by atoms with E-state index in [2.05, 4.69) is 105 Å². The zero-order valence-electron chi connectivity index (χ0n) is 49.2. The number of hydrogen-bond acceptors (Lipinski definition) is 15. The molecular weight excluding hydrogens is 1150 g/mol. The van der Waals surface area contributed by atoms with Gasteiger partial charge in [0.05, 0.1) is 22.1 Å². The van der Waals surface area contributed by atoms with Gasteiger partial charge in [-0.15, -0.1) is 6.42 Å². The van der Waals surface area contributed by atoms with Crippen molar-refractivity contribution in [2.24, 2.45) is 5.73 Å². The van der Waals surface area contributed by atoms with Crippen LogP contribution in [0, 0.1) is 12.3 Å². The molecular formula is C71H54N18O3. The molecule has 446 valence electrons. The summed E-state index contributed by atoms with van der Waals surface area (Å²) in [5.74, 6) is 4.92. The Morgan fingerprint density at radius 2 is 0.793 bits per heavy atom. The number of Topliss-reactive ketones (excluding diaryl/α,β-unsaturated/α-hetero) is 1. The van der Waals surface area contributed by atoms with E-state index in [4.69, 9.17) is 12.2 Å². The highest BCUT2D eigenvalue weighted by Crippen LogP contribution is 2.31. The maximum absolute atomic E-state index is 12.0. The van der Waals surface area contributed by atoms with Crippen LogP contribution in [0.3, 0.4) is 0 Å². The minimum atomic E-state index is -0.432. The Morgan fingerprint density at radius 3 is 1.21 bits per heavy atom. The molecule has 0 aliphatic heterocycles. The Kier molecular flexibility index (Phi) is 16.0. The Morgan fingerprint density at radius 1 is 0.413 bits per heavy atom. The third kappa shape index (κ3) is 12.3. The maximum atomic E-state index is 12.0. The van der Waals surface area contributed by atoms with E-state index in [1.807, 2.05) is 176 Å². The van der Waals surface area contributed by atoms with E-state index in [1.54, 1.807) is 44.8 Å². The van der Waals surface area contributed by atoms with Crippen molar-refractivity contribution in [3.8, 4) is 12.3 Å². The zero-order valence-corrected chi connectivity index (χ0v) is 49.2. The summed E-state index contributed by atoms with van der Waals surface area (Å²) in [4.78, 5) is 52.3. The molecule has 21 heteroatoms. The van der Waals surface area contributed by atoms with E-state index in [0.29, 0.717) is 40.0 Å². The van der Waals surface area contributed by atoms with Crippen LogP contribution in [0.1, 0.15) is 43.6 Å². The highest BCUT2D eigenvalue weighted by atomic mass is 16.2. The lowest BCUT2D eigenvalue weighted by atomic mass is 10.0. The molecule has 0 aliphatic carbocycles. The van der Waals surface area contributed by atoms with Gasteiger partial charge in [-0.3, -0.25) is 54.7 Å². The number of nitrogens with one attached hydrogen (secondary N) is 9. The number of carbonyl (C=O) groups excluding carboxylic acids is 3. The van der Waals surface area contributed by atoms with Crippen LogP contribution in [0.15, 0.2) is 219 Å². The van der Waals surface area contributed by atoms with Crippen LogP contribution in [0.25, 0.3) is 87.2 Å². The summed E-state index contributed by atoms with van der Waals surface area (Å²) in [5, 5.41) is 52.6. The van der Waals surface area contributed by atoms with Gasteiger partial charge in [0.15, 0.2) is 29.1 Å². The molecule has 92 heavy (non-hydrogen) atoms. The number of pyridine rings is 4. The lowest BCUT2D eigenvalue weighted by molar-refractivity contribution is 0.0962. The van der Waals surface area contributed by atoms with Gasteiger partial charge in [0.2, 0.25) is 5.91 Å². The summed E-state index contributed by atoms with van der Waals surface area (Å²) >= 11 is 0. The molecule has 0 saturated carbocycles. The monoisotopic (exact) mass is 1210 g/mol. The number of H-pyrrole nitrogens is 4. The van der Waals surface area contributed by atoms with Crippen LogP contribution in [0.4, 0.5) is 46.0 Å². The van der Waals surface area contributed by atoms with Crippen molar-refractivity contribution < 1.29 is 14.4 Å². The van der Waals surface area contributed by atoms with Crippen LogP contribution >= 0.6 is 0 Å². The Bertz CT molecular complexity index is 5430. The largest absolute Gasteiger partial charge is 0.366 e. The van der Waals surface area contributed by atoms with Crippen molar-refractivity contribution in [1.82, 2.24) is 66.0 Å². The fourth-order valence-corrected chi connectivity index (χ4v) is 10.5. The standard InChI is InChI=1S/C18H15N5O.C18H14N4O.C18H12N4.C17H13N5O/c1-19-18(24)14-5-2-4-11-10-12(7-8-13(11)14)21-17-16-15(22-23-17)6-3-9-20-16;1-11(23)13-5-4-12-6-7-15(10-14(12)9-13)20-18-17-16(21-22-18)3-2-8-19-17;1-2-12-5-6-13-7-8-15(11-14(13)10-12)20-18-17-16(21-22-18)4-3-9-19-17;18-16(23)13-4-1-3-10-9-11(6-7-12(10)13)20-17-15-14(21-22-17)5-2-8-19-15/h2-10H,1H3,(H,19,24)(H2,21,22,23);2-10H,1H3,(H2,20,21,22);1,3-11H,(H2,20,21,22);1-9H,(H2,18,23)(H2,20,21,22). The molecule has 8 heterocycles. The third-order valence-electron chi connectivity index (χ3n) is 15.1. The third-order valence-corrected chi connectivity index (χ3v) is 15.1. The molecule has 8 aromatic carbocycles. The SMILES string of the molecule is C#Cc1ccc2ccc(Nc3n[nH]c4cccnc34)cc2c1.CC(=O)c1ccc2ccc(Nc3n[nH]c4cccnc34)cc2c1.CNC(=O)c1cccc2cc(Nc3n[nH]c4cccnc34)ccc12.NC(=O)c1cccc2cc(Nc3n[nH]c4cccnc34)ccc12. The summed E-state index contributed by atoms with van der Waals surface area (Å²) in [7, 11) is 1.63. The predicted octanol–water partition coefficient (Wildman–Crippen LogP) is 14.1. The van der Waals surface area contributed by atoms with Gasteiger partial charge in [-0.2, -0.15) is 20.4 Å². The molecule has 0 spiro atoms. The predicted molar refractivity (Wildman–Crippen MR) is 364 cm³/mol. The first-order valence-corrected chi connectivity index (χ1v) is 28.9. The molecule has 0 fully saturated rings. The fraction of sp³-hybridized carbons (Fsp3) is 0.0282. The first-order valence-electron chi connectivity index (χ1n) is 28.9. The van der Waals surface area contributed by atoms with Gasteiger partial charge in [0.1, 0.15) is 22.1 Å². The minimum absolute atomic E-state index is 0.0627. The van der Waals surface area contributed by atoms with E-state index in [0.717, 1.165) is 116 Å². The van der Waals surface area contributed by atoms with Gasteiger partial charge in [0, 0.05) is 76.8 Å². The molecule has 8 aromatic heterocycles. The van der Waals surface area contributed by atoms with Crippen LogP contribution in [-0.4, -0.2) is 85.4 Å². The lowest BCUT2D eigenvalue weighted by Gasteiger charge is -2.08. The lowest BCUT2D eigenvalue weighted by Crippen LogP contribution is -2.17. The molecule has 0 radical (unpaired) electrons. The summed E-state index contributed by atoms with van der Waals surface area (Å²) in [5.41, 5.74) is 18.5. The van der Waals surface area contributed by atoms with E-state index >= 15 is 0 Å². The highest BCUT2D eigenvalue weighted by molar-refractivity contribution is 6.09. The van der Waals surface area contributed by atoms with Gasteiger partial charge in [0.25, 0.3) is 5.91 Å². The Labute approximate surface area is 523 Å². The van der Waals surface area contributed by atoms with Gasteiger partial charge >= 0.3 is 0 Å². The zero-order chi connectivity index (χ0) is 63.1. The fourth-order valence-electron chi connectivity index (χ4n) is 10.5.